The van der Waals surface area contributed by atoms with E-state index >= 15 is 0 Å². The Labute approximate surface area is 131 Å². The number of hydrogen-bond donors (Lipinski definition) is 2. The molecule has 0 spiro atoms. The molecule has 0 fully saturated rings. The van der Waals surface area contributed by atoms with Gasteiger partial charge in [0.1, 0.15) is 11.3 Å². The third-order valence-corrected chi connectivity index (χ3v) is 3.23. The average molecular weight is 310 g/mol. The molecular formula is C15H22N2O3S. The minimum absolute atomic E-state index is 0.407. The van der Waals surface area contributed by atoms with Crippen LogP contribution >= 0.6 is 12.2 Å². The molecule has 0 unspecified atom stereocenters. The lowest BCUT2D eigenvalue weighted by Crippen LogP contribution is -2.35. The molecule has 2 N–H and O–H groups in total. The fraction of sp³-hybridized carbons (Fsp3) is 0.467. The number of unbranched alkanes of at least 4 members (excludes halogenated alkanes) is 1. The number of rotatable bonds is 7. The second-order valence-electron chi connectivity index (χ2n) is 4.49. The highest BCUT2D eigenvalue weighted by molar-refractivity contribution is 7.80. The normalized spacial score (nSPS) is 9.86. The Morgan fingerprint density at radius 3 is 2.67 bits per heavy atom. The van der Waals surface area contributed by atoms with Crippen LogP contribution < -0.4 is 15.4 Å². The molecular weight excluding hydrogens is 288 g/mol. The van der Waals surface area contributed by atoms with Crippen molar-refractivity contribution < 1.29 is 14.3 Å². The van der Waals surface area contributed by atoms with Gasteiger partial charge in [0.25, 0.3) is 0 Å². The van der Waals surface area contributed by atoms with E-state index in [0.29, 0.717) is 23.0 Å². The lowest BCUT2D eigenvalue weighted by molar-refractivity contribution is 0.0597. The molecule has 5 nitrogen and oxygen atoms in total. The molecule has 1 aromatic rings. The van der Waals surface area contributed by atoms with E-state index in [9.17, 15) is 4.79 Å². The Kier molecular flexibility index (Phi) is 7.53. The monoisotopic (exact) mass is 310 g/mol. The van der Waals surface area contributed by atoms with Crippen LogP contribution in [-0.4, -0.2) is 31.8 Å². The predicted molar refractivity (Wildman–Crippen MR) is 86.7 cm³/mol. The fourth-order valence-electron chi connectivity index (χ4n) is 1.76. The molecule has 1 aromatic carbocycles. The molecule has 0 bridgehead atoms. The molecule has 0 aliphatic carbocycles. The van der Waals surface area contributed by atoms with Crippen molar-refractivity contribution in [3.63, 3.8) is 0 Å². The molecule has 0 amide bonds. The van der Waals surface area contributed by atoms with E-state index in [-0.39, 0.29) is 0 Å². The minimum Gasteiger partial charge on any atom is -0.496 e. The molecule has 0 saturated carbocycles. The maximum absolute atomic E-state index is 11.7. The standard InChI is InChI=1S/C15H22N2O3S/c1-4-5-8-16-15(21)17-10-11-6-7-13(19-2)12(9-11)14(18)20-3/h6-7,9H,4-5,8,10H2,1-3H3,(H2,16,17,21). The summed E-state index contributed by atoms with van der Waals surface area (Å²) < 4.78 is 9.90. The fourth-order valence-corrected chi connectivity index (χ4v) is 1.93. The molecule has 0 aromatic heterocycles. The number of hydrogen-bond acceptors (Lipinski definition) is 4. The van der Waals surface area contributed by atoms with Crippen molar-refractivity contribution in [1.82, 2.24) is 10.6 Å². The molecule has 6 heteroatoms. The number of methoxy groups -OCH3 is 2. The zero-order valence-electron chi connectivity index (χ0n) is 12.7. The Morgan fingerprint density at radius 1 is 1.29 bits per heavy atom. The zero-order chi connectivity index (χ0) is 15.7. The number of benzene rings is 1. The van der Waals surface area contributed by atoms with E-state index < -0.39 is 5.97 Å². The summed E-state index contributed by atoms with van der Waals surface area (Å²) in [6.07, 6.45) is 2.20. The molecule has 0 aliphatic rings. The van der Waals surface area contributed by atoms with Crippen LogP contribution in [0.3, 0.4) is 0 Å². The summed E-state index contributed by atoms with van der Waals surface area (Å²) in [4.78, 5) is 11.7. The van der Waals surface area contributed by atoms with Gasteiger partial charge >= 0.3 is 5.97 Å². The molecule has 0 heterocycles. The van der Waals surface area contributed by atoms with Gasteiger partial charge in [-0.25, -0.2) is 4.79 Å². The Bertz CT molecular complexity index is 492. The van der Waals surface area contributed by atoms with Gasteiger partial charge in [0.15, 0.2) is 5.11 Å². The van der Waals surface area contributed by atoms with Crippen LogP contribution in [0.5, 0.6) is 5.75 Å². The summed E-state index contributed by atoms with van der Waals surface area (Å²) in [6.45, 7) is 3.52. The van der Waals surface area contributed by atoms with Crippen molar-refractivity contribution in [3.8, 4) is 5.75 Å². The van der Waals surface area contributed by atoms with Crippen LogP contribution in [-0.2, 0) is 11.3 Å². The highest BCUT2D eigenvalue weighted by Gasteiger charge is 2.13. The van der Waals surface area contributed by atoms with Gasteiger partial charge in [-0.05, 0) is 36.3 Å². The van der Waals surface area contributed by atoms with Gasteiger partial charge in [-0.2, -0.15) is 0 Å². The van der Waals surface area contributed by atoms with Crippen molar-refractivity contribution in [3.05, 3.63) is 29.3 Å². The van der Waals surface area contributed by atoms with Crippen LogP contribution in [0.1, 0.15) is 35.7 Å². The second kappa shape index (κ2) is 9.18. The summed E-state index contributed by atoms with van der Waals surface area (Å²) in [6, 6.07) is 5.37. The highest BCUT2D eigenvalue weighted by atomic mass is 32.1. The second-order valence-corrected chi connectivity index (χ2v) is 4.90. The molecule has 116 valence electrons. The van der Waals surface area contributed by atoms with Crippen molar-refractivity contribution in [2.24, 2.45) is 0 Å². The van der Waals surface area contributed by atoms with E-state index in [1.165, 1.54) is 14.2 Å². The first-order chi connectivity index (χ1) is 10.1. The summed E-state index contributed by atoms with van der Waals surface area (Å²) in [5, 5.41) is 6.85. The van der Waals surface area contributed by atoms with E-state index in [1.54, 1.807) is 12.1 Å². The molecule has 1 rings (SSSR count). The van der Waals surface area contributed by atoms with Gasteiger partial charge in [0, 0.05) is 13.1 Å². The van der Waals surface area contributed by atoms with E-state index in [4.69, 9.17) is 21.7 Å². The van der Waals surface area contributed by atoms with Gasteiger partial charge in [-0.15, -0.1) is 0 Å². The predicted octanol–water partition coefficient (Wildman–Crippen LogP) is 2.25. The van der Waals surface area contributed by atoms with E-state index in [2.05, 4.69) is 17.6 Å². The number of nitrogens with one attached hydrogen (secondary N) is 2. The van der Waals surface area contributed by atoms with E-state index in [1.807, 2.05) is 6.07 Å². The smallest absolute Gasteiger partial charge is 0.341 e. The SMILES string of the molecule is CCCCNC(=S)NCc1ccc(OC)c(C(=O)OC)c1. The average Bonchev–Trinajstić information content (AvgIpc) is 2.52. The highest BCUT2D eigenvalue weighted by Crippen LogP contribution is 2.20. The Balaban J connectivity index is 2.63. The maximum atomic E-state index is 11.7. The topological polar surface area (TPSA) is 59.6 Å². The first kappa shape index (κ1) is 17.2. The summed E-state index contributed by atoms with van der Waals surface area (Å²) >= 11 is 5.18. The Morgan fingerprint density at radius 2 is 2.05 bits per heavy atom. The van der Waals surface area contributed by atoms with Gasteiger partial charge in [0.05, 0.1) is 14.2 Å². The molecule has 0 radical (unpaired) electrons. The lowest BCUT2D eigenvalue weighted by atomic mass is 10.1. The van der Waals surface area contributed by atoms with Crippen LogP contribution in [0.2, 0.25) is 0 Å². The van der Waals surface area contributed by atoms with Crippen molar-refractivity contribution >= 4 is 23.3 Å². The van der Waals surface area contributed by atoms with Crippen molar-refractivity contribution in [1.29, 1.82) is 0 Å². The van der Waals surface area contributed by atoms with Crippen molar-refractivity contribution in [2.45, 2.75) is 26.3 Å². The zero-order valence-corrected chi connectivity index (χ0v) is 13.5. The summed E-state index contributed by atoms with van der Waals surface area (Å²) in [5.74, 6) is 0.0756. The summed E-state index contributed by atoms with van der Waals surface area (Å²) in [5.41, 5.74) is 1.33. The largest absolute Gasteiger partial charge is 0.496 e. The van der Waals surface area contributed by atoms with Crippen LogP contribution in [0.15, 0.2) is 18.2 Å². The third kappa shape index (κ3) is 5.59. The first-order valence-corrected chi connectivity index (χ1v) is 7.30. The first-order valence-electron chi connectivity index (χ1n) is 6.89. The van der Waals surface area contributed by atoms with Gasteiger partial charge in [0.2, 0.25) is 0 Å². The van der Waals surface area contributed by atoms with Crippen LogP contribution in [0.4, 0.5) is 0 Å². The summed E-state index contributed by atoms with van der Waals surface area (Å²) in [7, 11) is 2.87. The number of ether oxygens (including phenoxy) is 2. The number of esters is 1. The molecule has 21 heavy (non-hydrogen) atoms. The molecule has 0 atom stereocenters. The van der Waals surface area contributed by atoms with Crippen LogP contribution in [0, 0.1) is 0 Å². The number of carbonyl (C=O) groups is 1. The quantitative estimate of drug-likeness (QED) is 0.458. The van der Waals surface area contributed by atoms with Gasteiger partial charge in [-0.3, -0.25) is 0 Å². The Hall–Kier alpha value is -1.82. The molecule has 0 aliphatic heterocycles. The van der Waals surface area contributed by atoms with E-state index in [0.717, 1.165) is 24.9 Å². The molecule has 0 saturated heterocycles. The van der Waals surface area contributed by atoms with Crippen molar-refractivity contribution in [2.75, 3.05) is 20.8 Å². The number of thiocarbonyl (C=S) groups is 1. The van der Waals surface area contributed by atoms with Gasteiger partial charge in [-0.1, -0.05) is 19.4 Å². The lowest BCUT2D eigenvalue weighted by Gasteiger charge is -2.12. The third-order valence-electron chi connectivity index (χ3n) is 2.94. The van der Waals surface area contributed by atoms with Gasteiger partial charge < -0.3 is 20.1 Å². The maximum Gasteiger partial charge on any atom is 0.341 e. The van der Waals surface area contributed by atoms with Crippen LogP contribution in [0.25, 0.3) is 0 Å². The number of carbonyl (C=O) groups excluding carboxylic acids is 1. The minimum atomic E-state index is -0.419.